The maximum absolute atomic E-state index is 5.63. The summed E-state index contributed by atoms with van der Waals surface area (Å²) in [6, 6.07) is 72.6. The molecule has 2 aromatic heterocycles. The van der Waals surface area contributed by atoms with E-state index in [0.717, 1.165) is 78.6 Å². The molecule has 0 aliphatic carbocycles. The Labute approximate surface area is 313 Å². The topological polar surface area (TPSA) is 35.6 Å². The molecule has 0 atom stereocenters. The van der Waals surface area contributed by atoms with Gasteiger partial charge in [0.2, 0.25) is 0 Å². The Balaban J connectivity index is 1.41. The Morgan fingerprint density at radius 2 is 0.574 bits per heavy atom. The number of hydrogen-bond acceptors (Lipinski definition) is 2. The number of nitrogens with zero attached hydrogens (tertiary/aromatic N) is 4. The Kier molecular flexibility index (Phi) is 7.77. The fraction of sp³-hybridized carbons (Fsp3) is 0. The van der Waals surface area contributed by atoms with E-state index in [1.54, 1.807) is 0 Å². The molecule has 0 saturated carbocycles. The van der Waals surface area contributed by atoms with Gasteiger partial charge in [0.15, 0.2) is 11.6 Å². The van der Waals surface area contributed by atoms with Gasteiger partial charge in [-0.1, -0.05) is 194 Å². The fourth-order valence-corrected chi connectivity index (χ4v) is 7.55. The van der Waals surface area contributed by atoms with Crippen LogP contribution in [0.15, 0.2) is 206 Å². The normalized spacial score (nSPS) is 11.3. The standard InChI is InChI=1S/C50H34N4/c1-5-19-37(20-6-1)45-47(39-23-9-3-10-24-39)53(49(51-45)43-31-29-35-17-13-15-27-41(35)33-43)54-48(40-25-11-4-12-26-40)46(38-21-7-2-8-22-38)52-50(54)44-32-30-36-18-14-16-28-42(36)34-44/h1-34H. The van der Waals surface area contributed by atoms with E-state index in [1.165, 1.54) is 10.8 Å². The van der Waals surface area contributed by atoms with Crippen molar-refractivity contribution in [3.05, 3.63) is 206 Å². The molecule has 0 radical (unpaired) electrons. The predicted molar refractivity (Wildman–Crippen MR) is 223 cm³/mol. The second-order valence-corrected chi connectivity index (χ2v) is 13.5. The van der Waals surface area contributed by atoms with Crippen molar-refractivity contribution < 1.29 is 0 Å². The molecule has 0 bridgehead atoms. The van der Waals surface area contributed by atoms with Gasteiger partial charge in [0.1, 0.15) is 0 Å². The molecule has 54 heavy (non-hydrogen) atoms. The summed E-state index contributed by atoms with van der Waals surface area (Å²) >= 11 is 0. The van der Waals surface area contributed by atoms with Gasteiger partial charge in [-0.15, -0.1) is 0 Å². The van der Waals surface area contributed by atoms with E-state index in [0.29, 0.717) is 0 Å². The molecule has 0 amide bonds. The lowest BCUT2D eigenvalue weighted by Crippen LogP contribution is -2.16. The Hall–Kier alpha value is -7.30. The molecule has 0 unspecified atom stereocenters. The monoisotopic (exact) mass is 690 g/mol. The SMILES string of the molecule is c1ccc(-c2nc(-c3ccc4ccccc4c3)n(-n3c(-c4ccc5ccccc5c4)nc(-c4ccccc4)c3-c3ccccc3)c2-c2ccccc2)cc1. The number of rotatable bonds is 7. The minimum atomic E-state index is 0.815. The molecule has 254 valence electrons. The van der Waals surface area contributed by atoms with Crippen molar-refractivity contribution in [1.29, 1.82) is 0 Å². The molecular formula is C50H34N4. The van der Waals surface area contributed by atoms with Crippen molar-refractivity contribution in [2.45, 2.75) is 0 Å². The van der Waals surface area contributed by atoms with Gasteiger partial charge in [0.25, 0.3) is 0 Å². The highest BCUT2D eigenvalue weighted by atomic mass is 15.5. The summed E-state index contributed by atoms with van der Waals surface area (Å²) in [4.78, 5) is 11.3. The van der Waals surface area contributed by atoms with Gasteiger partial charge in [-0.25, -0.2) is 19.3 Å². The second kappa shape index (κ2) is 13.4. The zero-order valence-corrected chi connectivity index (χ0v) is 29.4. The van der Waals surface area contributed by atoms with E-state index in [2.05, 4.69) is 216 Å². The highest BCUT2D eigenvalue weighted by Crippen LogP contribution is 2.43. The third kappa shape index (κ3) is 5.49. The molecule has 0 aliphatic heterocycles. The van der Waals surface area contributed by atoms with Crippen molar-refractivity contribution >= 4 is 21.5 Å². The van der Waals surface area contributed by atoms with Gasteiger partial charge in [-0.05, 0) is 33.7 Å². The first kappa shape index (κ1) is 31.4. The average Bonchev–Trinajstić information content (AvgIpc) is 3.84. The highest BCUT2D eigenvalue weighted by molar-refractivity contribution is 5.91. The van der Waals surface area contributed by atoms with Crippen LogP contribution in [0.4, 0.5) is 0 Å². The quantitative estimate of drug-likeness (QED) is 0.167. The second-order valence-electron chi connectivity index (χ2n) is 13.5. The number of fused-ring (bicyclic) bond motifs is 2. The molecule has 10 rings (SSSR count). The smallest absolute Gasteiger partial charge is 0.160 e. The van der Waals surface area contributed by atoms with Crippen LogP contribution in [0.2, 0.25) is 0 Å². The Morgan fingerprint density at radius 1 is 0.259 bits per heavy atom. The van der Waals surface area contributed by atoms with E-state index < -0.39 is 0 Å². The van der Waals surface area contributed by atoms with Crippen LogP contribution in [0.5, 0.6) is 0 Å². The first-order valence-electron chi connectivity index (χ1n) is 18.3. The molecule has 0 N–H and O–H groups in total. The maximum atomic E-state index is 5.63. The molecule has 4 nitrogen and oxygen atoms in total. The Bertz CT molecular complexity index is 2710. The van der Waals surface area contributed by atoms with E-state index >= 15 is 0 Å². The minimum absolute atomic E-state index is 0.815. The first-order chi connectivity index (χ1) is 26.8. The van der Waals surface area contributed by atoms with Crippen LogP contribution < -0.4 is 0 Å². The van der Waals surface area contributed by atoms with Crippen molar-refractivity contribution in [3.63, 3.8) is 0 Å². The molecule has 0 fully saturated rings. The summed E-state index contributed by atoms with van der Waals surface area (Å²) in [5.74, 6) is 1.63. The summed E-state index contributed by atoms with van der Waals surface area (Å²) in [6.45, 7) is 0. The van der Waals surface area contributed by atoms with Crippen LogP contribution >= 0.6 is 0 Å². The van der Waals surface area contributed by atoms with Gasteiger partial charge in [-0.2, -0.15) is 0 Å². The third-order valence-corrected chi connectivity index (χ3v) is 10.1. The summed E-state index contributed by atoms with van der Waals surface area (Å²) in [7, 11) is 0. The molecule has 0 saturated heterocycles. The third-order valence-electron chi connectivity index (χ3n) is 10.1. The molecule has 0 spiro atoms. The van der Waals surface area contributed by atoms with Crippen molar-refractivity contribution in [2.75, 3.05) is 0 Å². The van der Waals surface area contributed by atoms with E-state index in [-0.39, 0.29) is 0 Å². The lowest BCUT2D eigenvalue weighted by atomic mass is 10.0. The van der Waals surface area contributed by atoms with Crippen LogP contribution in [0.1, 0.15) is 0 Å². The molecule has 10 aromatic rings. The molecule has 2 heterocycles. The summed E-state index contributed by atoms with van der Waals surface area (Å²) in [6.07, 6.45) is 0. The average molecular weight is 691 g/mol. The zero-order chi connectivity index (χ0) is 35.8. The van der Waals surface area contributed by atoms with Crippen LogP contribution in [-0.2, 0) is 0 Å². The maximum Gasteiger partial charge on any atom is 0.160 e. The van der Waals surface area contributed by atoms with Crippen molar-refractivity contribution in [3.8, 4) is 67.8 Å². The molecule has 8 aromatic carbocycles. The summed E-state index contributed by atoms with van der Waals surface area (Å²) < 4.78 is 4.63. The summed E-state index contributed by atoms with van der Waals surface area (Å²) in [5, 5.41) is 4.67. The van der Waals surface area contributed by atoms with Crippen LogP contribution in [0, 0.1) is 0 Å². The van der Waals surface area contributed by atoms with Gasteiger partial charge in [0.05, 0.1) is 22.8 Å². The van der Waals surface area contributed by atoms with E-state index in [9.17, 15) is 0 Å². The Morgan fingerprint density at radius 3 is 0.944 bits per heavy atom. The molecule has 0 aliphatic rings. The number of hydrogen-bond donors (Lipinski definition) is 0. The lowest BCUT2D eigenvalue weighted by Gasteiger charge is -2.20. The van der Waals surface area contributed by atoms with Crippen LogP contribution in [0.3, 0.4) is 0 Å². The van der Waals surface area contributed by atoms with Gasteiger partial charge >= 0.3 is 0 Å². The first-order valence-corrected chi connectivity index (χ1v) is 18.3. The predicted octanol–water partition coefficient (Wildman–Crippen LogP) is 12.7. The molecule has 4 heteroatoms. The van der Waals surface area contributed by atoms with Crippen LogP contribution in [-0.4, -0.2) is 19.3 Å². The van der Waals surface area contributed by atoms with Crippen molar-refractivity contribution in [2.24, 2.45) is 0 Å². The molecular weight excluding hydrogens is 657 g/mol. The summed E-state index contributed by atoms with van der Waals surface area (Å²) in [5.41, 5.74) is 9.92. The number of aromatic nitrogens is 4. The largest absolute Gasteiger partial charge is 0.226 e. The fourth-order valence-electron chi connectivity index (χ4n) is 7.55. The van der Waals surface area contributed by atoms with Gasteiger partial charge in [0, 0.05) is 33.4 Å². The number of benzene rings is 8. The van der Waals surface area contributed by atoms with Gasteiger partial charge < -0.3 is 0 Å². The van der Waals surface area contributed by atoms with Crippen molar-refractivity contribution in [1.82, 2.24) is 19.3 Å². The van der Waals surface area contributed by atoms with Crippen LogP contribution in [0.25, 0.3) is 89.4 Å². The van der Waals surface area contributed by atoms with E-state index in [4.69, 9.17) is 9.97 Å². The minimum Gasteiger partial charge on any atom is -0.226 e. The highest BCUT2D eigenvalue weighted by Gasteiger charge is 2.29. The van der Waals surface area contributed by atoms with Gasteiger partial charge in [-0.3, -0.25) is 0 Å². The number of imidazole rings is 2. The van der Waals surface area contributed by atoms with E-state index in [1.807, 2.05) is 0 Å². The zero-order valence-electron chi connectivity index (χ0n) is 29.4. The lowest BCUT2D eigenvalue weighted by molar-refractivity contribution is 0.687.